The number of halogens is 2. The molecule has 1 aliphatic carbocycles. The minimum absolute atomic E-state index is 0.0191. The van der Waals surface area contributed by atoms with E-state index in [1.807, 2.05) is 12.1 Å². The van der Waals surface area contributed by atoms with Crippen molar-refractivity contribution in [3.05, 3.63) is 57.9 Å². The average Bonchev–Trinajstić information content (AvgIpc) is 3.03. The molecule has 3 aliphatic rings. The molecule has 1 fully saturated rings. The second kappa shape index (κ2) is 7.21. The zero-order chi connectivity index (χ0) is 19.3. The first kappa shape index (κ1) is 18.2. The normalized spacial score (nSPS) is 25.0. The molecule has 28 heavy (non-hydrogen) atoms. The first-order valence-corrected chi connectivity index (χ1v) is 10.3. The second-order valence-electron chi connectivity index (χ2n) is 7.89. The fraction of sp³-hybridized carbons (Fsp3) is 0.455. The Kier molecular flexibility index (Phi) is 4.69. The quantitative estimate of drug-likeness (QED) is 0.820. The van der Waals surface area contributed by atoms with E-state index in [0.717, 1.165) is 54.1 Å². The van der Waals surface area contributed by atoms with Gasteiger partial charge in [-0.05, 0) is 67.6 Å². The van der Waals surface area contributed by atoms with E-state index >= 15 is 0 Å². The summed E-state index contributed by atoms with van der Waals surface area (Å²) in [4.78, 5) is 2.34. The Balaban J connectivity index is 1.31. The summed E-state index contributed by atoms with van der Waals surface area (Å²) in [6.45, 7) is 2.87. The number of nitrogens with zero attached hydrogens (tertiary/aromatic N) is 1. The maximum absolute atomic E-state index is 13.5. The van der Waals surface area contributed by atoms with Crippen molar-refractivity contribution in [1.29, 1.82) is 0 Å². The van der Waals surface area contributed by atoms with Crippen LogP contribution in [0.4, 0.5) is 4.39 Å². The Morgan fingerprint density at radius 3 is 2.64 bits per heavy atom. The fourth-order valence-corrected chi connectivity index (χ4v) is 5.12. The van der Waals surface area contributed by atoms with Gasteiger partial charge in [0, 0.05) is 22.7 Å². The van der Waals surface area contributed by atoms with Crippen molar-refractivity contribution in [2.75, 3.05) is 26.3 Å². The highest BCUT2D eigenvalue weighted by Crippen LogP contribution is 2.44. The third-order valence-electron chi connectivity index (χ3n) is 6.29. The third-order valence-corrected chi connectivity index (χ3v) is 6.51. The van der Waals surface area contributed by atoms with Crippen LogP contribution in [0, 0.1) is 5.82 Å². The molecule has 4 nitrogen and oxygen atoms in total. The van der Waals surface area contributed by atoms with Crippen LogP contribution in [0.25, 0.3) is 0 Å². The van der Waals surface area contributed by atoms with Crippen LogP contribution in [0.1, 0.15) is 41.6 Å². The molecule has 148 valence electrons. The number of aliphatic hydroxyl groups is 1. The number of rotatable bonds is 2. The molecule has 2 aromatic rings. The van der Waals surface area contributed by atoms with Gasteiger partial charge in [0.1, 0.15) is 19.0 Å². The Hall–Kier alpha value is -1.82. The number of likely N-dealkylation sites (tertiary alicyclic amines) is 1. The molecule has 2 heterocycles. The van der Waals surface area contributed by atoms with Gasteiger partial charge in [-0.3, -0.25) is 4.90 Å². The molecule has 5 rings (SSSR count). The van der Waals surface area contributed by atoms with E-state index in [1.54, 1.807) is 12.1 Å². The summed E-state index contributed by atoms with van der Waals surface area (Å²) in [5.74, 6) is 1.68. The number of aliphatic hydroxyl groups excluding tert-OH is 1. The van der Waals surface area contributed by atoms with Gasteiger partial charge in [0.05, 0.1) is 6.10 Å². The number of fused-ring (bicyclic) bond motifs is 2. The Bertz CT molecular complexity index is 898. The van der Waals surface area contributed by atoms with Crippen molar-refractivity contribution >= 4 is 11.6 Å². The van der Waals surface area contributed by atoms with E-state index in [9.17, 15) is 9.50 Å². The van der Waals surface area contributed by atoms with Crippen molar-refractivity contribution in [1.82, 2.24) is 4.90 Å². The van der Waals surface area contributed by atoms with E-state index in [1.165, 1.54) is 6.07 Å². The summed E-state index contributed by atoms with van der Waals surface area (Å²) in [5.41, 5.74) is 2.91. The molecule has 0 spiro atoms. The molecule has 1 saturated heterocycles. The summed E-state index contributed by atoms with van der Waals surface area (Å²) < 4.78 is 25.1. The minimum Gasteiger partial charge on any atom is -0.486 e. The number of hydrogen-bond donors (Lipinski definition) is 1. The first-order valence-electron chi connectivity index (χ1n) is 9.89. The highest BCUT2D eigenvalue weighted by atomic mass is 35.5. The van der Waals surface area contributed by atoms with Crippen molar-refractivity contribution in [3.8, 4) is 11.5 Å². The molecule has 0 unspecified atom stereocenters. The molecule has 2 aliphatic heterocycles. The van der Waals surface area contributed by atoms with Crippen LogP contribution >= 0.6 is 11.6 Å². The molecular weight excluding hydrogens is 381 g/mol. The number of ether oxygens (including phenoxy) is 2. The lowest BCUT2D eigenvalue weighted by molar-refractivity contribution is 0.0454. The van der Waals surface area contributed by atoms with Crippen LogP contribution in [-0.2, 0) is 6.42 Å². The summed E-state index contributed by atoms with van der Waals surface area (Å²) >= 11 is 6.31. The maximum atomic E-state index is 13.5. The lowest BCUT2D eigenvalue weighted by Crippen LogP contribution is -2.43. The summed E-state index contributed by atoms with van der Waals surface area (Å²) in [7, 11) is 0. The topological polar surface area (TPSA) is 41.9 Å². The molecule has 0 amide bonds. The summed E-state index contributed by atoms with van der Waals surface area (Å²) in [5, 5.41) is 11.4. The van der Waals surface area contributed by atoms with Gasteiger partial charge in [-0.2, -0.15) is 0 Å². The van der Waals surface area contributed by atoms with Gasteiger partial charge in [-0.15, -0.1) is 0 Å². The van der Waals surface area contributed by atoms with Gasteiger partial charge < -0.3 is 14.6 Å². The molecule has 0 saturated carbocycles. The molecule has 2 aromatic carbocycles. The Morgan fingerprint density at radius 2 is 1.82 bits per heavy atom. The predicted molar refractivity (Wildman–Crippen MR) is 105 cm³/mol. The van der Waals surface area contributed by atoms with Gasteiger partial charge in [-0.1, -0.05) is 17.7 Å². The smallest absolute Gasteiger partial charge is 0.164 e. The molecule has 0 radical (unpaired) electrons. The van der Waals surface area contributed by atoms with Gasteiger partial charge in [0.2, 0.25) is 0 Å². The lowest BCUT2D eigenvalue weighted by atomic mass is 9.87. The lowest BCUT2D eigenvalue weighted by Gasteiger charge is -2.38. The minimum atomic E-state index is -0.553. The average molecular weight is 404 g/mol. The van der Waals surface area contributed by atoms with Crippen molar-refractivity contribution in [3.63, 3.8) is 0 Å². The molecule has 2 atom stereocenters. The van der Waals surface area contributed by atoms with E-state index in [-0.39, 0.29) is 11.9 Å². The molecule has 0 bridgehead atoms. The van der Waals surface area contributed by atoms with Gasteiger partial charge in [0.25, 0.3) is 0 Å². The SMILES string of the molecule is O[C@@H]1c2ccc(F)cc2C[C@H]1N1CCC(c2cc(Cl)cc3c2OCCO3)CC1. The van der Waals surface area contributed by atoms with Crippen LogP contribution < -0.4 is 9.47 Å². The fourth-order valence-electron chi connectivity index (χ4n) is 4.90. The highest BCUT2D eigenvalue weighted by Gasteiger charge is 2.37. The third kappa shape index (κ3) is 3.15. The zero-order valence-electron chi connectivity index (χ0n) is 15.5. The largest absolute Gasteiger partial charge is 0.486 e. The van der Waals surface area contributed by atoms with E-state index < -0.39 is 6.10 Å². The van der Waals surface area contributed by atoms with Crippen molar-refractivity contribution < 1.29 is 19.0 Å². The number of piperidine rings is 1. The van der Waals surface area contributed by atoms with Gasteiger partial charge >= 0.3 is 0 Å². The van der Waals surface area contributed by atoms with Crippen LogP contribution in [0.3, 0.4) is 0 Å². The molecule has 1 N–H and O–H groups in total. The van der Waals surface area contributed by atoms with E-state index in [4.69, 9.17) is 21.1 Å². The predicted octanol–water partition coefficient (Wildman–Crippen LogP) is 4.09. The van der Waals surface area contributed by atoms with Crippen LogP contribution in [-0.4, -0.2) is 42.4 Å². The van der Waals surface area contributed by atoms with Crippen molar-refractivity contribution in [2.45, 2.75) is 37.3 Å². The monoisotopic (exact) mass is 403 g/mol. The molecule has 6 heteroatoms. The first-order chi connectivity index (χ1) is 13.6. The summed E-state index contributed by atoms with van der Waals surface area (Å²) in [6, 6.07) is 8.54. The molecule has 0 aromatic heterocycles. The molecular formula is C22H23ClFNO3. The van der Waals surface area contributed by atoms with Crippen molar-refractivity contribution in [2.24, 2.45) is 0 Å². The highest BCUT2D eigenvalue weighted by molar-refractivity contribution is 6.30. The van der Waals surface area contributed by atoms with E-state index in [2.05, 4.69) is 4.90 Å². The van der Waals surface area contributed by atoms with Crippen LogP contribution in [0.2, 0.25) is 5.02 Å². The zero-order valence-corrected chi connectivity index (χ0v) is 16.3. The summed E-state index contributed by atoms with van der Waals surface area (Å²) in [6.07, 6.45) is 2.07. The van der Waals surface area contributed by atoms with Gasteiger partial charge in [0.15, 0.2) is 11.5 Å². The van der Waals surface area contributed by atoms with Gasteiger partial charge in [-0.25, -0.2) is 4.39 Å². The van der Waals surface area contributed by atoms with Crippen LogP contribution in [0.5, 0.6) is 11.5 Å². The maximum Gasteiger partial charge on any atom is 0.164 e. The second-order valence-corrected chi connectivity index (χ2v) is 8.33. The number of hydrogen-bond acceptors (Lipinski definition) is 4. The van der Waals surface area contributed by atoms with Crippen LogP contribution in [0.15, 0.2) is 30.3 Å². The number of benzene rings is 2. The van der Waals surface area contributed by atoms with E-state index in [0.29, 0.717) is 30.6 Å². The Labute approximate surface area is 168 Å². The Morgan fingerprint density at radius 1 is 1.04 bits per heavy atom. The standard InChI is InChI=1S/C22H23ClFNO3/c23-15-11-18(22-20(12-15)27-7-8-28-22)13-3-5-25(6-4-13)19-10-14-9-16(24)1-2-17(14)21(19)26/h1-2,9,11-13,19,21,26H,3-8,10H2/t19-,21-/m1/s1.